The fourth-order valence-corrected chi connectivity index (χ4v) is 4.42. The van der Waals surface area contributed by atoms with Crippen LogP contribution in [0.1, 0.15) is 29.0 Å². The highest BCUT2D eigenvalue weighted by Gasteiger charge is 2.29. The second-order valence-corrected chi connectivity index (χ2v) is 8.33. The molecule has 0 bridgehead atoms. The average molecular weight is 415 g/mol. The number of carbonyl (C=O) groups is 2. The zero-order chi connectivity index (χ0) is 19.7. The molecular weight excluding hydrogens is 396 g/mol. The van der Waals surface area contributed by atoms with Crippen molar-refractivity contribution in [2.45, 2.75) is 18.9 Å². The largest absolute Gasteiger partial charge is 0.457 e. The fraction of sp³-hybridized carbons (Fsp3) is 0.250. The number of hydrogen-bond acceptors (Lipinski definition) is 6. The number of likely N-dealkylation sites (tertiary alicyclic amines) is 1. The summed E-state index contributed by atoms with van der Waals surface area (Å²) in [5, 5.41) is 12.0. The van der Waals surface area contributed by atoms with Crippen molar-refractivity contribution < 1.29 is 19.1 Å². The number of nitrogens with zero attached hydrogens (tertiary/aromatic N) is 1. The van der Waals surface area contributed by atoms with Crippen molar-refractivity contribution in [1.29, 1.82) is 0 Å². The number of aliphatic hydroxyl groups is 1. The number of benzene rings is 1. The number of thiocarbonyl (C=S) groups is 1. The Kier molecular flexibility index (Phi) is 5.34. The summed E-state index contributed by atoms with van der Waals surface area (Å²) < 4.78 is 6.27. The Bertz CT molecular complexity index is 982. The minimum Gasteiger partial charge on any atom is -0.457 e. The van der Waals surface area contributed by atoms with Crippen molar-refractivity contribution in [3.05, 3.63) is 52.6 Å². The lowest BCUT2D eigenvalue weighted by Gasteiger charge is -2.23. The van der Waals surface area contributed by atoms with Crippen LogP contribution in [0.5, 0.6) is 0 Å². The molecule has 4 rings (SSSR count). The molecule has 0 saturated carbocycles. The number of rotatable bonds is 4. The first kappa shape index (κ1) is 18.9. The molecule has 3 heterocycles. The third-order valence-electron chi connectivity index (χ3n) is 4.78. The maximum absolute atomic E-state index is 12.8. The van der Waals surface area contributed by atoms with Crippen LogP contribution < -0.4 is 5.32 Å². The molecule has 0 spiro atoms. The van der Waals surface area contributed by atoms with E-state index in [1.807, 2.05) is 12.1 Å². The highest BCUT2D eigenvalue weighted by atomic mass is 32.2. The highest BCUT2D eigenvalue weighted by Crippen LogP contribution is 2.29. The quantitative estimate of drug-likeness (QED) is 0.591. The van der Waals surface area contributed by atoms with Crippen molar-refractivity contribution in [2.24, 2.45) is 0 Å². The molecule has 0 unspecified atom stereocenters. The van der Waals surface area contributed by atoms with Gasteiger partial charge < -0.3 is 19.7 Å². The maximum atomic E-state index is 12.8. The lowest BCUT2D eigenvalue weighted by atomic mass is 10.1. The van der Waals surface area contributed by atoms with E-state index in [9.17, 15) is 14.7 Å². The molecule has 2 amide bonds. The molecule has 2 fully saturated rings. The number of nitrogens with one attached hydrogen (secondary N) is 1. The van der Waals surface area contributed by atoms with Crippen molar-refractivity contribution in [2.75, 3.05) is 13.2 Å². The van der Waals surface area contributed by atoms with Crippen molar-refractivity contribution in [3.8, 4) is 11.3 Å². The van der Waals surface area contributed by atoms with Crippen LogP contribution in [0.3, 0.4) is 0 Å². The average Bonchev–Trinajstić information content (AvgIpc) is 3.42. The third kappa shape index (κ3) is 3.76. The monoisotopic (exact) mass is 414 g/mol. The Morgan fingerprint density at radius 1 is 1.39 bits per heavy atom. The second kappa shape index (κ2) is 7.90. The van der Waals surface area contributed by atoms with Gasteiger partial charge in [0.05, 0.1) is 17.6 Å². The van der Waals surface area contributed by atoms with Gasteiger partial charge in [-0.15, -0.1) is 0 Å². The number of aliphatic hydroxyl groups excluding tert-OH is 1. The Hall–Kier alpha value is -2.42. The summed E-state index contributed by atoms with van der Waals surface area (Å²) in [7, 11) is 0. The Morgan fingerprint density at radius 3 is 3.00 bits per heavy atom. The molecule has 144 valence electrons. The summed E-state index contributed by atoms with van der Waals surface area (Å²) in [6, 6.07) is 10.7. The minimum atomic E-state index is -0.232. The molecule has 2 aromatic rings. The van der Waals surface area contributed by atoms with Gasteiger partial charge in [0.25, 0.3) is 11.8 Å². The van der Waals surface area contributed by atoms with Gasteiger partial charge in [-0.05, 0) is 37.1 Å². The van der Waals surface area contributed by atoms with Crippen molar-refractivity contribution in [3.63, 3.8) is 0 Å². The predicted octanol–water partition coefficient (Wildman–Crippen LogP) is 3.03. The number of hydrogen-bond donors (Lipinski definition) is 2. The molecule has 0 radical (unpaired) electrons. The zero-order valence-corrected chi connectivity index (χ0v) is 16.5. The van der Waals surface area contributed by atoms with Gasteiger partial charge in [0.15, 0.2) is 0 Å². The summed E-state index contributed by atoms with van der Waals surface area (Å²) in [6.07, 6.45) is 3.38. The van der Waals surface area contributed by atoms with Crippen LogP contribution in [0.2, 0.25) is 0 Å². The molecule has 28 heavy (non-hydrogen) atoms. The first-order chi connectivity index (χ1) is 13.5. The number of furan rings is 1. The van der Waals surface area contributed by atoms with E-state index in [4.69, 9.17) is 16.6 Å². The fourth-order valence-electron chi connectivity index (χ4n) is 3.40. The summed E-state index contributed by atoms with van der Waals surface area (Å²) in [6.45, 7) is 0.644. The molecule has 8 heteroatoms. The van der Waals surface area contributed by atoms with E-state index in [1.54, 1.807) is 35.2 Å². The molecular formula is C20H18N2O4S2. The van der Waals surface area contributed by atoms with Crippen molar-refractivity contribution >= 4 is 46.2 Å². The van der Waals surface area contributed by atoms with Crippen LogP contribution in [0.25, 0.3) is 17.4 Å². The van der Waals surface area contributed by atoms with Crippen LogP contribution in [-0.4, -0.2) is 45.3 Å². The standard InChI is InChI=1S/C20H18N2O4S2/c23-11-14-5-2-8-22(14)19(25)13-4-1-3-12(9-13)16-7-6-15(26-16)10-17-18(24)21-20(27)28-17/h1,3-4,6-7,9-10,14,23H,2,5,8,11H2,(H,21,24,27)/b17-10-/t14-/m0/s1. The molecule has 1 aromatic carbocycles. The summed E-state index contributed by atoms with van der Waals surface area (Å²) in [5.41, 5.74) is 1.33. The van der Waals surface area contributed by atoms with Crippen LogP contribution in [0.15, 0.2) is 45.7 Å². The van der Waals surface area contributed by atoms with Crippen LogP contribution in [0.4, 0.5) is 0 Å². The second-order valence-electron chi connectivity index (χ2n) is 6.61. The lowest BCUT2D eigenvalue weighted by molar-refractivity contribution is -0.115. The summed E-state index contributed by atoms with van der Waals surface area (Å²) in [4.78, 5) is 26.8. The Labute approximate surface area is 171 Å². The predicted molar refractivity (Wildman–Crippen MR) is 112 cm³/mol. The van der Waals surface area contributed by atoms with Gasteiger partial charge in [0.2, 0.25) is 0 Å². The molecule has 2 aliphatic rings. The number of amides is 2. The van der Waals surface area contributed by atoms with Gasteiger partial charge in [-0.2, -0.15) is 0 Å². The molecule has 2 aliphatic heterocycles. The zero-order valence-electron chi connectivity index (χ0n) is 14.9. The van der Waals surface area contributed by atoms with Gasteiger partial charge in [-0.3, -0.25) is 9.59 Å². The maximum Gasteiger partial charge on any atom is 0.263 e. The van der Waals surface area contributed by atoms with E-state index in [0.717, 1.165) is 18.4 Å². The molecule has 1 atom stereocenters. The van der Waals surface area contributed by atoms with E-state index < -0.39 is 0 Å². The topological polar surface area (TPSA) is 82.8 Å². The third-order valence-corrected chi connectivity index (χ3v) is 5.95. The van der Waals surface area contributed by atoms with Gasteiger partial charge in [-0.25, -0.2) is 0 Å². The van der Waals surface area contributed by atoms with Gasteiger partial charge in [-0.1, -0.05) is 36.1 Å². The molecule has 6 nitrogen and oxygen atoms in total. The molecule has 1 aromatic heterocycles. The van der Waals surface area contributed by atoms with Crippen molar-refractivity contribution in [1.82, 2.24) is 10.2 Å². The first-order valence-electron chi connectivity index (χ1n) is 8.92. The number of carbonyl (C=O) groups excluding carboxylic acids is 2. The van der Waals surface area contributed by atoms with Gasteiger partial charge in [0, 0.05) is 23.7 Å². The van der Waals surface area contributed by atoms with E-state index in [0.29, 0.717) is 32.9 Å². The number of thioether (sulfide) groups is 1. The van der Waals surface area contributed by atoms with E-state index in [-0.39, 0.29) is 24.5 Å². The molecule has 0 aliphatic carbocycles. The lowest BCUT2D eigenvalue weighted by Crippen LogP contribution is -2.37. The Balaban J connectivity index is 1.56. The first-order valence-corrected chi connectivity index (χ1v) is 10.1. The SMILES string of the molecule is O=C1NC(=S)S/C1=C\c1ccc(-c2cccc(C(=O)N3CCC[C@H]3CO)c2)o1. The van der Waals surface area contributed by atoms with E-state index in [2.05, 4.69) is 5.32 Å². The van der Waals surface area contributed by atoms with Crippen LogP contribution in [0, 0.1) is 0 Å². The smallest absolute Gasteiger partial charge is 0.263 e. The minimum absolute atomic E-state index is 0.0172. The van der Waals surface area contributed by atoms with Crippen LogP contribution >= 0.6 is 24.0 Å². The van der Waals surface area contributed by atoms with E-state index in [1.165, 1.54) is 11.8 Å². The molecule has 2 saturated heterocycles. The van der Waals surface area contributed by atoms with Gasteiger partial charge >= 0.3 is 0 Å². The summed E-state index contributed by atoms with van der Waals surface area (Å²) in [5.74, 6) is 0.825. The highest BCUT2D eigenvalue weighted by molar-refractivity contribution is 8.26. The summed E-state index contributed by atoms with van der Waals surface area (Å²) >= 11 is 6.18. The normalized spacial score (nSPS) is 20.8. The van der Waals surface area contributed by atoms with Crippen LogP contribution in [-0.2, 0) is 4.79 Å². The van der Waals surface area contributed by atoms with Gasteiger partial charge in [0.1, 0.15) is 15.8 Å². The molecule has 2 N–H and O–H groups in total. The Morgan fingerprint density at radius 2 is 2.25 bits per heavy atom. The van der Waals surface area contributed by atoms with E-state index >= 15 is 0 Å².